The molecule has 0 aliphatic carbocycles. The second kappa shape index (κ2) is 11.5. The second-order valence-electron chi connectivity index (χ2n) is 8.19. The number of anilines is 2. The van der Waals surface area contributed by atoms with Gasteiger partial charge in [-0.1, -0.05) is 52.0 Å². The number of carbonyl (C=O) groups is 1. The lowest BCUT2D eigenvalue weighted by Gasteiger charge is -2.20. The van der Waals surface area contributed by atoms with Gasteiger partial charge >= 0.3 is 0 Å². The van der Waals surface area contributed by atoms with Crippen LogP contribution in [0, 0.1) is 0 Å². The maximum absolute atomic E-state index is 13.0. The summed E-state index contributed by atoms with van der Waals surface area (Å²) >= 11 is 12.3. The second-order valence-corrected chi connectivity index (χ2v) is 11.9. The van der Waals surface area contributed by atoms with Crippen molar-refractivity contribution < 1.29 is 14.3 Å². The highest BCUT2D eigenvalue weighted by Crippen LogP contribution is 2.44. The Morgan fingerprint density at radius 2 is 1.68 bits per heavy atom. The van der Waals surface area contributed by atoms with Gasteiger partial charge < -0.3 is 14.8 Å². The largest absolute Gasteiger partial charge is 0.496 e. The molecule has 4 aromatic rings. The number of hydrogen-bond donors (Lipinski definition) is 1. The van der Waals surface area contributed by atoms with Gasteiger partial charge in [0, 0.05) is 25.4 Å². The summed E-state index contributed by atoms with van der Waals surface area (Å²) < 4.78 is 14.2. The molecule has 5 rings (SSSR count). The van der Waals surface area contributed by atoms with Crippen molar-refractivity contribution in [1.29, 1.82) is 0 Å². The van der Waals surface area contributed by atoms with Crippen molar-refractivity contribution in [3.8, 4) is 11.5 Å². The topological polar surface area (TPSA) is 47.6 Å². The minimum atomic E-state index is -0.0650. The monoisotopic (exact) mass is 699 g/mol. The predicted octanol–water partition coefficient (Wildman–Crippen LogP) is 9.67. The molecule has 0 unspecified atom stereocenters. The molecule has 0 bridgehead atoms. The van der Waals surface area contributed by atoms with Crippen LogP contribution in [-0.2, 0) is 6.61 Å². The van der Waals surface area contributed by atoms with Gasteiger partial charge in [-0.15, -0.1) is 0 Å². The summed E-state index contributed by atoms with van der Waals surface area (Å²) in [5, 5.41) is 3.43. The van der Waals surface area contributed by atoms with E-state index in [0.717, 1.165) is 40.8 Å². The number of ketones is 1. The molecule has 0 saturated heterocycles. The van der Waals surface area contributed by atoms with Gasteiger partial charge in [0.2, 0.25) is 0 Å². The van der Waals surface area contributed by atoms with E-state index in [1.807, 2.05) is 72.8 Å². The van der Waals surface area contributed by atoms with E-state index in [9.17, 15) is 4.79 Å². The Bertz CT molecular complexity index is 1510. The summed E-state index contributed by atoms with van der Waals surface area (Å²) in [6.45, 7) is 0.299. The van der Waals surface area contributed by atoms with Crippen LogP contribution >= 0.6 is 59.6 Å². The Morgan fingerprint density at radius 1 is 0.919 bits per heavy atom. The number of rotatable bonds is 7. The smallest absolute Gasteiger partial charge is 0.185 e. The van der Waals surface area contributed by atoms with Crippen molar-refractivity contribution in [1.82, 2.24) is 0 Å². The number of halogens is 3. The molecule has 1 aliphatic heterocycles. The molecule has 1 heterocycles. The highest BCUT2D eigenvalue weighted by Gasteiger charge is 2.17. The van der Waals surface area contributed by atoms with Crippen molar-refractivity contribution in [3.63, 3.8) is 0 Å². The molecule has 1 N–H and O–H groups in total. The number of nitrogens with one attached hydrogen (secondary N) is 1. The standard InChI is InChI=1S/C29H20Br3NO3S/c1-35-26-10-7-17(12-19(26)16-36-29-21(31)14-20(30)15-22(29)32)6-9-25(34)18-8-11-28-24(13-18)33-23-4-2-3-5-27(23)37-28/h2-15,33H,16H2,1H3/b9-6+. The van der Waals surface area contributed by atoms with Crippen molar-refractivity contribution >= 4 is 82.8 Å². The number of benzene rings is 4. The van der Waals surface area contributed by atoms with Gasteiger partial charge in [-0.25, -0.2) is 0 Å². The van der Waals surface area contributed by atoms with Crippen LogP contribution in [-0.4, -0.2) is 12.9 Å². The van der Waals surface area contributed by atoms with E-state index in [1.165, 1.54) is 4.90 Å². The molecule has 37 heavy (non-hydrogen) atoms. The first-order valence-electron chi connectivity index (χ1n) is 11.3. The maximum atomic E-state index is 13.0. The third-order valence-corrected chi connectivity index (χ3v) is 8.49. The molecule has 186 valence electrons. The van der Waals surface area contributed by atoms with Gasteiger partial charge in [0.25, 0.3) is 0 Å². The van der Waals surface area contributed by atoms with Crippen LogP contribution < -0.4 is 14.8 Å². The first-order chi connectivity index (χ1) is 17.9. The third kappa shape index (κ3) is 5.98. The molecule has 0 amide bonds. The molecule has 0 spiro atoms. The predicted molar refractivity (Wildman–Crippen MR) is 161 cm³/mol. The average Bonchev–Trinajstić information content (AvgIpc) is 2.89. The number of hydrogen-bond acceptors (Lipinski definition) is 5. The quantitative estimate of drug-likeness (QED) is 0.135. The number of methoxy groups -OCH3 is 1. The molecule has 0 saturated carbocycles. The fraction of sp³-hybridized carbons (Fsp3) is 0.0690. The van der Waals surface area contributed by atoms with E-state index in [1.54, 1.807) is 24.9 Å². The molecule has 8 heteroatoms. The van der Waals surface area contributed by atoms with Crippen LogP contribution in [0.25, 0.3) is 6.08 Å². The van der Waals surface area contributed by atoms with Crippen LogP contribution in [0.15, 0.2) is 102 Å². The van der Waals surface area contributed by atoms with Crippen LogP contribution in [0.3, 0.4) is 0 Å². The van der Waals surface area contributed by atoms with E-state index in [4.69, 9.17) is 9.47 Å². The Kier molecular flexibility index (Phi) is 8.09. The molecule has 0 fully saturated rings. The minimum absolute atomic E-state index is 0.0650. The minimum Gasteiger partial charge on any atom is -0.496 e. The maximum Gasteiger partial charge on any atom is 0.185 e. The van der Waals surface area contributed by atoms with E-state index >= 15 is 0 Å². The lowest BCUT2D eigenvalue weighted by molar-refractivity contribution is 0.104. The normalized spacial score (nSPS) is 12.0. The van der Waals surface area contributed by atoms with E-state index in [-0.39, 0.29) is 5.78 Å². The van der Waals surface area contributed by atoms with E-state index in [0.29, 0.717) is 23.7 Å². The number of para-hydroxylation sites is 1. The van der Waals surface area contributed by atoms with Crippen LogP contribution in [0.2, 0.25) is 0 Å². The molecule has 4 aromatic carbocycles. The molecular formula is C29H20Br3NO3S. The first kappa shape index (κ1) is 26.1. The summed E-state index contributed by atoms with van der Waals surface area (Å²) in [6.07, 6.45) is 3.41. The zero-order valence-electron chi connectivity index (χ0n) is 19.6. The Morgan fingerprint density at radius 3 is 2.46 bits per heavy atom. The number of carbonyl (C=O) groups excluding carboxylic acids is 1. The van der Waals surface area contributed by atoms with Gasteiger partial charge in [-0.2, -0.15) is 0 Å². The highest BCUT2D eigenvalue weighted by atomic mass is 79.9. The van der Waals surface area contributed by atoms with Crippen molar-refractivity contribution in [3.05, 3.63) is 109 Å². The van der Waals surface area contributed by atoms with Crippen LogP contribution in [0.5, 0.6) is 11.5 Å². The van der Waals surface area contributed by atoms with Gasteiger partial charge in [0.1, 0.15) is 18.1 Å². The van der Waals surface area contributed by atoms with Gasteiger partial charge in [-0.3, -0.25) is 4.79 Å². The summed E-state index contributed by atoms with van der Waals surface area (Å²) in [6, 6.07) is 23.5. The molecule has 0 aromatic heterocycles. The summed E-state index contributed by atoms with van der Waals surface area (Å²) in [4.78, 5) is 15.3. The highest BCUT2D eigenvalue weighted by molar-refractivity contribution is 9.11. The zero-order chi connectivity index (χ0) is 25.9. The molecule has 0 radical (unpaired) electrons. The Labute approximate surface area is 244 Å². The SMILES string of the molecule is COc1ccc(/C=C/C(=O)c2ccc3c(c2)Nc2ccccc2S3)cc1COc1c(Br)cc(Br)cc1Br. The third-order valence-electron chi connectivity index (χ3n) is 5.71. The molecule has 0 atom stereocenters. The van der Waals surface area contributed by atoms with Gasteiger partial charge in [0.15, 0.2) is 5.78 Å². The summed E-state index contributed by atoms with van der Waals surface area (Å²) in [5.41, 5.74) is 4.37. The van der Waals surface area contributed by atoms with Crippen LogP contribution in [0.4, 0.5) is 11.4 Å². The fourth-order valence-electron chi connectivity index (χ4n) is 3.89. The molecule has 1 aliphatic rings. The van der Waals surface area contributed by atoms with Gasteiger partial charge in [-0.05, 0) is 98.1 Å². The van der Waals surface area contributed by atoms with Crippen molar-refractivity contribution in [2.75, 3.05) is 12.4 Å². The number of allylic oxidation sites excluding steroid dienone is 1. The lowest BCUT2D eigenvalue weighted by Crippen LogP contribution is -2.02. The molecular weight excluding hydrogens is 682 g/mol. The van der Waals surface area contributed by atoms with Gasteiger partial charge in [0.05, 0.1) is 27.4 Å². The first-order valence-corrected chi connectivity index (χ1v) is 14.5. The number of ether oxygens (including phenoxy) is 2. The zero-order valence-corrected chi connectivity index (χ0v) is 25.1. The Balaban J connectivity index is 1.32. The summed E-state index contributed by atoms with van der Waals surface area (Å²) in [5.74, 6) is 1.35. The Hall–Kier alpha value is -2.52. The lowest BCUT2D eigenvalue weighted by atomic mass is 10.1. The molecule has 4 nitrogen and oxygen atoms in total. The van der Waals surface area contributed by atoms with Crippen molar-refractivity contribution in [2.45, 2.75) is 16.4 Å². The van der Waals surface area contributed by atoms with E-state index < -0.39 is 0 Å². The fourth-order valence-corrected chi connectivity index (χ4v) is 7.35. The average molecular weight is 702 g/mol. The summed E-state index contributed by atoms with van der Waals surface area (Å²) in [7, 11) is 1.63. The van der Waals surface area contributed by atoms with Crippen LogP contribution in [0.1, 0.15) is 21.5 Å². The van der Waals surface area contributed by atoms with E-state index in [2.05, 4.69) is 59.2 Å². The number of fused-ring (bicyclic) bond motifs is 2. The van der Waals surface area contributed by atoms with Crippen molar-refractivity contribution in [2.24, 2.45) is 0 Å².